The van der Waals surface area contributed by atoms with Crippen molar-refractivity contribution in [3.8, 4) is 0 Å². The Morgan fingerprint density at radius 3 is 2.90 bits per heavy atom. The van der Waals surface area contributed by atoms with Crippen molar-refractivity contribution >= 4 is 29.5 Å². The maximum absolute atomic E-state index is 12.5. The molecule has 3 rings (SSSR count). The van der Waals surface area contributed by atoms with Crippen LogP contribution in [0.2, 0.25) is 0 Å². The van der Waals surface area contributed by atoms with Gasteiger partial charge in [0.15, 0.2) is 3.95 Å². The van der Waals surface area contributed by atoms with Gasteiger partial charge in [-0.05, 0) is 32.0 Å². The predicted molar refractivity (Wildman–Crippen MR) is 81.7 cm³/mol. The average molecular weight is 312 g/mol. The van der Waals surface area contributed by atoms with Gasteiger partial charge in [0, 0.05) is 23.7 Å². The maximum atomic E-state index is 12.5. The number of H-pyrrole nitrogens is 1. The summed E-state index contributed by atoms with van der Waals surface area (Å²) in [4.78, 5) is 18.6. The lowest BCUT2D eigenvalue weighted by Crippen LogP contribution is -2.52. The van der Waals surface area contributed by atoms with Crippen LogP contribution in [0.3, 0.4) is 0 Å². The summed E-state index contributed by atoms with van der Waals surface area (Å²) >= 11 is 6.64. The molecule has 20 heavy (non-hydrogen) atoms. The number of ether oxygens (including phenoxy) is 1. The minimum atomic E-state index is -0.0479. The van der Waals surface area contributed by atoms with Gasteiger partial charge in [0.1, 0.15) is 0 Å². The summed E-state index contributed by atoms with van der Waals surface area (Å²) < 4.78 is 6.72. The van der Waals surface area contributed by atoms with Gasteiger partial charge in [-0.15, -0.1) is 11.3 Å². The fraction of sp³-hybridized carbons (Fsp3) is 0.714. The van der Waals surface area contributed by atoms with Gasteiger partial charge >= 0.3 is 0 Å². The first-order chi connectivity index (χ1) is 9.58. The van der Waals surface area contributed by atoms with Crippen molar-refractivity contribution in [2.75, 3.05) is 19.7 Å². The van der Waals surface area contributed by atoms with Crippen molar-refractivity contribution < 1.29 is 9.53 Å². The first-order valence-electron chi connectivity index (χ1n) is 7.18. The maximum Gasteiger partial charge on any atom is 0.228 e. The Morgan fingerprint density at radius 2 is 2.25 bits per heavy atom. The minimum Gasteiger partial charge on any atom is -0.371 e. The van der Waals surface area contributed by atoms with Gasteiger partial charge in [0.2, 0.25) is 5.91 Å². The van der Waals surface area contributed by atoms with Crippen molar-refractivity contribution in [2.24, 2.45) is 0 Å². The molecule has 1 N–H and O–H groups in total. The zero-order chi connectivity index (χ0) is 14.2. The molecule has 110 valence electrons. The van der Waals surface area contributed by atoms with E-state index in [1.165, 1.54) is 24.2 Å². The lowest BCUT2D eigenvalue weighted by Gasteiger charge is -2.40. The number of rotatable bonds is 2. The van der Waals surface area contributed by atoms with E-state index >= 15 is 0 Å². The number of aryl methyl sites for hydroxylation is 1. The highest BCUT2D eigenvalue weighted by molar-refractivity contribution is 7.73. The van der Waals surface area contributed by atoms with Crippen molar-refractivity contribution in [3.63, 3.8) is 0 Å². The minimum absolute atomic E-state index is 0.0479. The topological polar surface area (TPSA) is 45.3 Å². The van der Waals surface area contributed by atoms with E-state index in [2.05, 4.69) is 4.98 Å². The molecule has 6 heteroatoms. The largest absolute Gasteiger partial charge is 0.371 e. The zero-order valence-electron chi connectivity index (χ0n) is 11.7. The van der Waals surface area contributed by atoms with Gasteiger partial charge in [0.25, 0.3) is 0 Å². The molecular formula is C14H20N2O2S2. The van der Waals surface area contributed by atoms with Crippen molar-refractivity contribution in [1.82, 2.24) is 9.88 Å². The second-order valence-corrected chi connectivity index (χ2v) is 7.57. The van der Waals surface area contributed by atoms with E-state index in [1.54, 1.807) is 0 Å². The van der Waals surface area contributed by atoms with Gasteiger partial charge in [-0.2, -0.15) is 0 Å². The Labute approximate surface area is 128 Å². The molecule has 1 saturated carbocycles. The zero-order valence-corrected chi connectivity index (χ0v) is 13.4. The summed E-state index contributed by atoms with van der Waals surface area (Å²) in [5.41, 5.74) is 0.977. The van der Waals surface area contributed by atoms with Crippen LogP contribution in [0.25, 0.3) is 0 Å². The monoisotopic (exact) mass is 312 g/mol. The second kappa shape index (κ2) is 5.58. The fourth-order valence-electron chi connectivity index (χ4n) is 3.23. The van der Waals surface area contributed by atoms with Crippen LogP contribution in [0.4, 0.5) is 0 Å². The van der Waals surface area contributed by atoms with E-state index in [1.807, 2.05) is 11.8 Å². The van der Waals surface area contributed by atoms with Crippen LogP contribution in [0.15, 0.2) is 0 Å². The number of hydrogen-bond donors (Lipinski definition) is 1. The quantitative estimate of drug-likeness (QED) is 0.854. The van der Waals surface area contributed by atoms with Crippen LogP contribution >= 0.6 is 23.6 Å². The molecule has 0 bridgehead atoms. The van der Waals surface area contributed by atoms with Crippen LogP contribution in [-0.4, -0.2) is 41.1 Å². The lowest BCUT2D eigenvalue weighted by molar-refractivity contribution is -0.149. The molecule has 1 amide bonds. The summed E-state index contributed by atoms with van der Waals surface area (Å²) in [6.45, 7) is 4.14. The molecular weight excluding hydrogens is 292 g/mol. The first kappa shape index (κ1) is 14.2. The molecule has 0 aromatic carbocycles. The van der Waals surface area contributed by atoms with Crippen LogP contribution in [-0.2, 0) is 16.0 Å². The van der Waals surface area contributed by atoms with Crippen molar-refractivity contribution in [3.05, 3.63) is 14.5 Å². The summed E-state index contributed by atoms with van der Waals surface area (Å²) in [5.74, 6) is 0.202. The molecule has 1 aromatic heterocycles. The number of amides is 1. The van der Waals surface area contributed by atoms with Gasteiger partial charge in [0.05, 0.1) is 18.6 Å². The average Bonchev–Trinajstić information content (AvgIpc) is 2.97. The number of thiazole rings is 1. The van der Waals surface area contributed by atoms with Crippen molar-refractivity contribution in [2.45, 2.75) is 44.6 Å². The summed E-state index contributed by atoms with van der Waals surface area (Å²) in [6, 6.07) is 0. The van der Waals surface area contributed by atoms with E-state index in [9.17, 15) is 4.79 Å². The highest BCUT2D eigenvalue weighted by atomic mass is 32.1. The molecule has 2 heterocycles. The van der Waals surface area contributed by atoms with Crippen LogP contribution < -0.4 is 0 Å². The van der Waals surface area contributed by atoms with Gasteiger partial charge in [-0.3, -0.25) is 4.79 Å². The molecule has 0 radical (unpaired) electrons. The van der Waals surface area contributed by atoms with E-state index in [4.69, 9.17) is 17.0 Å². The number of carbonyl (C=O) groups excluding carboxylic acids is 1. The fourth-order valence-corrected chi connectivity index (χ4v) is 4.52. The number of aromatic nitrogens is 1. The Balaban J connectivity index is 1.67. The predicted octanol–water partition coefficient (Wildman–Crippen LogP) is 2.83. The smallest absolute Gasteiger partial charge is 0.228 e. The molecule has 1 saturated heterocycles. The Hall–Kier alpha value is -0.720. The SMILES string of the molecule is Cc1[nH]c(=S)sc1CC(=O)N1CCOC2(CCCC2)C1. The number of morpholine rings is 1. The van der Waals surface area contributed by atoms with Gasteiger partial charge in [-0.25, -0.2) is 0 Å². The summed E-state index contributed by atoms with van der Waals surface area (Å²) in [5, 5.41) is 0. The normalized spacial score (nSPS) is 21.6. The lowest BCUT2D eigenvalue weighted by atomic mass is 9.99. The third-order valence-electron chi connectivity index (χ3n) is 4.35. The Morgan fingerprint density at radius 1 is 1.50 bits per heavy atom. The number of nitrogens with zero attached hydrogens (tertiary/aromatic N) is 1. The third kappa shape index (κ3) is 2.82. The molecule has 2 aliphatic rings. The summed E-state index contributed by atoms with van der Waals surface area (Å²) in [7, 11) is 0. The van der Waals surface area contributed by atoms with Crippen molar-refractivity contribution in [1.29, 1.82) is 0 Å². The molecule has 2 fully saturated rings. The third-order valence-corrected chi connectivity index (χ3v) is 5.69. The highest BCUT2D eigenvalue weighted by Crippen LogP contribution is 2.36. The van der Waals surface area contributed by atoms with E-state index in [0.717, 1.165) is 40.5 Å². The second-order valence-electron chi connectivity index (χ2n) is 5.79. The number of aromatic amines is 1. The first-order valence-corrected chi connectivity index (χ1v) is 8.41. The molecule has 0 unspecified atom stereocenters. The highest BCUT2D eigenvalue weighted by Gasteiger charge is 2.40. The van der Waals surface area contributed by atoms with Crippen LogP contribution in [0.1, 0.15) is 36.3 Å². The molecule has 0 atom stereocenters. The van der Waals surface area contributed by atoms with Gasteiger partial charge < -0.3 is 14.6 Å². The van der Waals surface area contributed by atoms with Gasteiger partial charge in [-0.1, -0.05) is 12.8 Å². The molecule has 1 spiro atoms. The standard InChI is InChI=1S/C14H20N2O2S2/c1-10-11(20-13(19)15-10)8-12(17)16-6-7-18-14(9-16)4-2-3-5-14/h2-9H2,1H3,(H,15,19). The molecule has 1 aromatic rings. The Bertz CT molecular complexity index is 558. The Kier molecular flexibility index (Phi) is 3.97. The van der Waals surface area contributed by atoms with Crippen LogP contribution in [0, 0.1) is 10.9 Å². The molecule has 1 aliphatic heterocycles. The number of hydrogen-bond acceptors (Lipinski definition) is 4. The summed E-state index contributed by atoms with van der Waals surface area (Å²) in [6.07, 6.45) is 5.10. The number of carbonyl (C=O) groups is 1. The number of nitrogens with one attached hydrogen (secondary N) is 1. The molecule has 1 aliphatic carbocycles. The molecule has 4 nitrogen and oxygen atoms in total. The van der Waals surface area contributed by atoms with E-state index in [-0.39, 0.29) is 11.5 Å². The van der Waals surface area contributed by atoms with E-state index in [0.29, 0.717) is 13.0 Å². The van der Waals surface area contributed by atoms with Crippen LogP contribution in [0.5, 0.6) is 0 Å². The van der Waals surface area contributed by atoms with E-state index < -0.39 is 0 Å².